The van der Waals surface area contributed by atoms with E-state index in [0.717, 1.165) is 11.5 Å². The lowest BCUT2D eigenvalue weighted by molar-refractivity contribution is 0.415. The smallest absolute Gasteiger partial charge is 0.137 e. The molecule has 1 atom stereocenters. The minimum Gasteiger partial charge on any atom is -0.495 e. The van der Waals surface area contributed by atoms with Crippen molar-refractivity contribution in [3.05, 3.63) is 71.5 Å². The van der Waals surface area contributed by atoms with Crippen molar-refractivity contribution in [2.75, 3.05) is 17.7 Å². The van der Waals surface area contributed by atoms with Gasteiger partial charge in [0, 0.05) is 17.8 Å². The Hall–Kier alpha value is -2.79. The molecule has 3 aromatic rings. The van der Waals surface area contributed by atoms with Gasteiger partial charge < -0.3 is 15.4 Å². The number of aromatic nitrogens is 2. The van der Waals surface area contributed by atoms with Gasteiger partial charge in [0.05, 0.1) is 12.1 Å². The third kappa shape index (κ3) is 4.39. The first-order valence-corrected chi connectivity index (χ1v) is 8.27. The van der Waals surface area contributed by atoms with Gasteiger partial charge in [0.1, 0.15) is 23.7 Å². The molecule has 1 aromatic heterocycles. The van der Waals surface area contributed by atoms with Crippen molar-refractivity contribution in [1.82, 2.24) is 9.97 Å². The van der Waals surface area contributed by atoms with E-state index in [-0.39, 0.29) is 6.04 Å². The number of anilines is 3. The van der Waals surface area contributed by atoms with Gasteiger partial charge in [-0.1, -0.05) is 41.9 Å². The number of ether oxygens (including phenoxy) is 1. The van der Waals surface area contributed by atoms with E-state index in [4.69, 9.17) is 16.3 Å². The van der Waals surface area contributed by atoms with E-state index in [1.807, 2.05) is 36.4 Å². The van der Waals surface area contributed by atoms with Crippen molar-refractivity contribution in [3.63, 3.8) is 0 Å². The first-order valence-electron chi connectivity index (χ1n) is 7.90. The Labute approximate surface area is 152 Å². The van der Waals surface area contributed by atoms with Crippen molar-refractivity contribution in [1.29, 1.82) is 0 Å². The van der Waals surface area contributed by atoms with Crippen LogP contribution in [-0.4, -0.2) is 17.1 Å². The van der Waals surface area contributed by atoms with E-state index in [1.165, 1.54) is 11.9 Å². The first-order chi connectivity index (χ1) is 12.2. The fourth-order valence-corrected chi connectivity index (χ4v) is 2.70. The van der Waals surface area contributed by atoms with Crippen LogP contribution in [0.3, 0.4) is 0 Å². The highest BCUT2D eigenvalue weighted by molar-refractivity contribution is 6.32. The van der Waals surface area contributed by atoms with Gasteiger partial charge in [-0.05, 0) is 30.7 Å². The van der Waals surface area contributed by atoms with Gasteiger partial charge in [-0.3, -0.25) is 0 Å². The van der Waals surface area contributed by atoms with Gasteiger partial charge in [0.2, 0.25) is 0 Å². The summed E-state index contributed by atoms with van der Waals surface area (Å²) in [5.41, 5.74) is 2.02. The predicted octanol–water partition coefficient (Wildman–Crippen LogP) is 5.06. The second kappa shape index (κ2) is 7.85. The number of methoxy groups -OCH3 is 1. The normalized spacial score (nSPS) is 11.6. The standard InChI is InChI=1S/C19H19ClN4O/c1-13(14-6-4-3-5-7-14)23-18-11-19(22-12-21-18)24-15-8-9-17(25-2)16(20)10-15/h3-13H,1-2H3,(H2,21,22,23,24). The van der Waals surface area contributed by atoms with Crippen molar-refractivity contribution >= 4 is 28.9 Å². The highest BCUT2D eigenvalue weighted by Gasteiger charge is 2.07. The molecule has 0 amide bonds. The third-order valence-electron chi connectivity index (χ3n) is 3.76. The van der Waals surface area contributed by atoms with E-state index in [2.05, 4.69) is 39.7 Å². The summed E-state index contributed by atoms with van der Waals surface area (Å²) >= 11 is 6.15. The molecule has 0 aliphatic carbocycles. The molecule has 1 heterocycles. The fourth-order valence-electron chi connectivity index (χ4n) is 2.44. The molecule has 0 saturated carbocycles. The summed E-state index contributed by atoms with van der Waals surface area (Å²) in [6.45, 7) is 2.09. The Bertz CT molecular complexity index is 842. The van der Waals surface area contributed by atoms with Crippen molar-refractivity contribution in [2.24, 2.45) is 0 Å². The number of benzene rings is 2. The van der Waals surface area contributed by atoms with Crippen LogP contribution in [0.1, 0.15) is 18.5 Å². The molecule has 3 rings (SSSR count). The number of halogens is 1. The van der Waals surface area contributed by atoms with Crippen LogP contribution >= 0.6 is 11.6 Å². The van der Waals surface area contributed by atoms with Crippen LogP contribution in [0, 0.1) is 0 Å². The summed E-state index contributed by atoms with van der Waals surface area (Å²) in [4.78, 5) is 8.53. The average molecular weight is 355 g/mol. The summed E-state index contributed by atoms with van der Waals surface area (Å²) in [5.74, 6) is 2.06. The maximum absolute atomic E-state index is 6.15. The maximum atomic E-state index is 6.15. The van der Waals surface area contributed by atoms with Crippen LogP contribution < -0.4 is 15.4 Å². The molecule has 1 unspecified atom stereocenters. The van der Waals surface area contributed by atoms with E-state index >= 15 is 0 Å². The number of rotatable bonds is 6. The Balaban J connectivity index is 1.72. The molecular formula is C19H19ClN4O. The summed E-state index contributed by atoms with van der Waals surface area (Å²) in [6, 6.07) is 17.7. The lowest BCUT2D eigenvalue weighted by atomic mass is 10.1. The van der Waals surface area contributed by atoms with Crippen molar-refractivity contribution in [2.45, 2.75) is 13.0 Å². The highest BCUT2D eigenvalue weighted by atomic mass is 35.5. The van der Waals surface area contributed by atoms with Gasteiger partial charge in [0.25, 0.3) is 0 Å². The first kappa shape index (κ1) is 17.0. The summed E-state index contributed by atoms with van der Waals surface area (Å²) in [5, 5.41) is 7.13. The number of nitrogens with zero attached hydrogens (tertiary/aromatic N) is 2. The fraction of sp³-hybridized carbons (Fsp3) is 0.158. The molecule has 0 aliphatic rings. The van der Waals surface area contributed by atoms with Crippen molar-refractivity contribution in [3.8, 4) is 5.75 Å². The molecule has 0 fully saturated rings. The largest absolute Gasteiger partial charge is 0.495 e. The quantitative estimate of drug-likeness (QED) is 0.648. The van der Waals surface area contributed by atoms with E-state index in [1.54, 1.807) is 13.2 Å². The molecule has 0 bridgehead atoms. The lowest BCUT2D eigenvalue weighted by Crippen LogP contribution is -2.08. The lowest BCUT2D eigenvalue weighted by Gasteiger charge is -2.15. The molecular weight excluding hydrogens is 336 g/mol. The van der Waals surface area contributed by atoms with Gasteiger partial charge in [-0.25, -0.2) is 9.97 Å². The number of nitrogens with one attached hydrogen (secondary N) is 2. The second-order valence-electron chi connectivity index (χ2n) is 5.54. The van der Waals surface area contributed by atoms with Crippen LogP contribution in [0.5, 0.6) is 5.75 Å². The molecule has 25 heavy (non-hydrogen) atoms. The van der Waals surface area contributed by atoms with Crippen LogP contribution in [0.15, 0.2) is 60.9 Å². The second-order valence-corrected chi connectivity index (χ2v) is 5.95. The van der Waals surface area contributed by atoms with E-state index in [9.17, 15) is 0 Å². The van der Waals surface area contributed by atoms with Crippen LogP contribution in [0.4, 0.5) is 17.3 Å². The molecule has 0 radical (unpaired) electrons. The number of hydrogen-bond donors (Lipinski definition) is 2. The molecule has 5 nitrogen and oxygen atoms in total. The highest BCUT2D eigenvalue weighted by Crippen LogP contribution is 2.28. The monoisotopic (exact) mass is 354 g/mol. The third-order valence-corrected chi connectivity index (χ3v) is 4.05. The average Bonchev–Trinajstić information content (AvgIpc) is 2.63. The van der Waals surface area contributed by atoms with Crippen LogP contribution in [0.25, 0.3) is 0 Å². The summed E-state index contributed by atoms with van der Waals surface area (Å²) < 4.78 is 5.16. The molecule has 2 aromatic carbocycles. The zero-order chi connectivity index (χ0) is 17.6. The number of hydrogen-bond acceptors (Lipinski definition) is 5. The Morgan fingerprint density at radius 1 is 1.00 bits per heavy atom. The van der Waals surface area contributed by atoms with Gasteiger partial charge in [-0.2, -0.15) is 0 Å². The van der Waals surface area contributed by atoms with E-state index < -0.39 is 0 Å². The van der Waals surface area contributed by atoms with E-state index in [0.29, 0.717) is 16.6 Å². The zero-order valence-corrected chi connectivity index (χ0v) is 14.8. The molecule has 128 valence electrons. The zero-order valence-electron chi connectivity index (χ0n) is 14.0. The Kier molecular flexibility index (Phi) is 5.36. The van der Waals surface area contributed by atoms with Crippen LogP contribution in [0.2, 0.25) is 5.02 Å². The SMILES string of the molecule is COc1ccc(Nc2cc(NC(C)c3ccccc3)ncn2)cc1Cl. The molecule has 6 heteroatoms. The van der Waals surface area contributed by atoms with Crippen molar-refractivity contribution < 1.29 is 4.74 Å². The molecule has 0 aliphatic heterocycles. The Morgan fingerprint density at radius 3 is 2.48 bits per heavy atom. The molecule has 2 N–H and O–H groups in total. The molecule has 0 spiro atoms. The van der Waals surface area contributed by atoms with Crippen LogP contribution in [-0.2, 0) is 0 Å². The topological polar surface area (TPSA) is 59.1 Å². The molecule has 0 saturated heterocycles. The summed E-state index contributed by atoms with van der Waals surface area (Å²) in [6.07, 6.45) is 1.52. The Morgan fingerprint density at radius 2 is 1.76 bits per heavy atom. The predicted molar refractivity (Wildman–Crippen MR) is 102 cm³/mol. The summed E-state index contributed by atoms with van der Waals surface area (Å²) in [7, 11) is 1.59. The maximum Gasteiger partial charge on any atom is 0.137 e. The van der Waals surface area contributed by atoms with Gasteiger partial charge in [0.15, 0.2) is 0 Å². The minimum absolute atomic E-state index is 0.138. The van der Waals surface area contributed by atoms with Gasteiger partial charge in [-0.15, -0.1) is 0 Å². The van der Waals surface area contributed by atoms with Gasteiger partial charge >= 0.3 is 0 Å². The minimum atomic E-state index is 0.138.